The number of rotatable bonds is 7. The molecular weight excluding hydrogens is 212 g/mol. The molecule has 1 aromatic heterocycles. The first-order chi connectivity index (χ1) is 8.25. The van der Waals surface area contributed by atoms with E-state index in [0.29, 0.717) is 5.92 Å². The summed E-state index contributed by atoms with van der Waals surface area (Å²) >= 11 is 0. The van der Waals surface area contributed by atoms with E-state index >= 15 is 0 Å². The van der Waals surface area contributed by atoms with Crippen LogP contribution in [-0.4, -0.2) is 18.1 Å². The molecule has 0 saturated heterocycles. The van der Waals surface area contributed by atoms with Crippen molar-refractivity contribution in [3.63, 3.8) is 0 Å². The van der Waals surface area contributed by atoms with Gasteiger partial charge in [0.1, 0.15) is 5.76 Å². The van der Waals surface area contributed by atoms with E-state index in [2.05, 4.69) is 24.1 Å². The van der Waals surface area contributed by atoms with Gasteiger partial charge in [-0.1, -0.05) is 20.3 Å². The summed E-state index contributed by atoms with van der Waals surface area (Å²) in [6.07, 6.45) is 7.91. The number of nitrogens with one attached hydrogen (secondary N) is 1. The van der Waals surface area contributed by atoms with Crippen molar-refractivity contribution in [3.8, 4) is 0 Å². The van der Waals surface area contributed by atoms with Gasteiger partial charge in [-0.15, -0.1) is 0 Å². The van der Waals surface area contributed by atoms with Crippen LogP contribution in [0.5, 0.6) is 0 Å². The molecule has 0 unspecified atom stereocenters. The minimum absolute atomic E-state index is 0.662. The summed E-state index contributed by atoms with van der Waals surface area (Å²) in [4.78, 5) is 4.36. The summed E-state index contributed by atoms with van der Waals surface area (Å²) in [5, 5.41) is 3.44. The van der Waals surface area contributed by atoms with Crippen LogP contribution in [0.4, 0.5) is 0 Å². The highest BCUT2D eigenvalue weighted by molar-refractivity contribution is 5.05. The summed E-state index contributed by atoms with van der Waals surface area (Å²) < 4.78 is 5.78. The van der Waals surface area contributed by atoms with Crippen LogP contribution in [0, 0.1) is 5.92 Å². The highest BCUT2D eigenvalue weighted by Crippen LogP contribution is 2.36. The maximum absolute atomic E-state index is 5.78. The van der Waals surface area contributed by atoms with Crippen molar-refractivity contribution in [2.45, 2.75) is 51.9 Å². The number of aryl methyl sites for hydroxylation is 1. The Morgan fingerprint density at radius 3 is 2.94 bits per heavy atom. The van der Waals surface area contributed by atoms with Gasteiger partial charge in [-0.05, 0) is 38.3 Å². The van der Waals surface area contributed by atoms with E-state index in [-0.39, 0.29) is 0 Å². The third kappa shape index (κ3) is 3.84. The molecule has 3 heteroatoms. The van der Waals surface area contributed by atoms with Crippen LogP contribution in [0.15, 0.2) is 10.6 Å². The maximum Gasteiger partial charge on any atom is 0.194 e. The van der Waals surface area contributed by atoms with Crippen LogP contribution in [0.1, 0.15) is 57.1 Å². The Morgan fingerprint density at radius 1 is 1.47 bits per heavy atom. The second kappa shape index (κ2) is 6.20. The molecule has 0 aromatic carbocycles. The van der Waals surface area contributed by atoms with E-state index in [0.717, 1.165) is 43.5 Å². The highest BCUT2D eigenvalue weighted by atomic mass is 16.4. The number of nitrogens with zero attached hydrogens (tertiary/aromatic N) is 1. The Morgan fingerprint density at radius 2 is 2.29 bits per heavy atom. The number of hydrogen-bond acceptors (Lipinski definition) is 3. The van der Waals surface area contributed by atoms with Crippen LogP contribution < -0.4 is 5.32 Å². The molecule has 3 nitrogen and oxygen atoms in total. The summed E-state index contributed by atoms with van der Waals surface area (Å²) in [6, 6.07) is 0. The Kier molecular flexibility index (Phi) is 4.60. The van der Waals surface area contributed by atoms with E-state index in [1.807, 2.05) is 6.20 Å². The lowest BCUT2D eigenvalue weighted by atomic mass is 9.84. The van der Waals surface area contributed by atoms with Gasteiger partial charge in [-0.25, -0.2) is 4.98 Å². The zero-order chi connectivity index (χ0) is 12.1. The fraction of sp³-hybridized carbons (Fsp3) is 0.786. The molecule has 2 rings (SSSR count). The Bertz CT molecular complexity index is 329. The first kappa shape index (κ1) is 12.6. The van der Waals surface area contributed by atoms with Crippen LogP contribution in [0.2, 0.25) is 0 Å². The van der Waals surface area contributed by atoms with E-state index in [1.165, 1.54) is 19.3 Å². The van der Waals surface area contributed by atoms with Gasteiger partial charge in [0.25, 0.3) is 0 Å². The van der Waals surface area contributed by atoms with Crippen molar-refractivity contribution < 1.29 is 4.42 Å². The molecule has 1 aliphatic carbocycles. The molecule has 0 radical (unpaired) electrons. The number of oxazole rings is 1. The molecule has 1 aliphatic rings. The molecule has 1 N–H and O–H groups in total. The molecular formula is C14H24N2O. The van der Waals surface area contributed by atoms with Gasteiger partial charge in [-0.2, -0.15) is 0 Å². The predicted molar refractivity (Wildman–Crippen MR) is 69.1 cm³/mol. The lowest BCUT2D eigenvalue weighted by Gasteiger charge is -2.22. The van der Waals surface area contributed by atoms with Crippen molar-refractivity contribution in [3.05, 3.63) is 17.8 Å². The normalized spacial score (nSPS) is 16.4. The Labute approximate surface area is 104 Å². The van der Waals surface area contributed by atoms with Gasteiger partial charge in [0.2, 0.25) is 0 Å². The third-order valence-corrected chi connectivity index (χ3v) is 3.38. The molecule has 1 aromatic rings. The third-order valence-electron chi connectivity index (χ3n) is 3.38. The molecule has 1 heterocycles. The minimum atomic E-state index is 0.662. The van der Waals surface area contributed by atoms with Crippen molar-refractivity contribution >= 4 is 0 Å². The fourth-order valence-corrected chi connectivity index (χ4v) is 2.08. The average molecular weight is 236 g/mol. The van der Waals surface area contributed by atoms with Gasteiger partial charge < -0.3 is 9.73 Å². The summed E-state index contributed by atoms with van der Waals surface area (Å²) in [5.41, 5.74) is 0. The van der Waals surface area contributed by atoms with Crippen LogP contribution in [-0.2, 0) is 6.42 Å². The fourth-order valence-electron chi connectivity index (χ4n) is 2.08. The highest BCUT2D eigenvalue weighted by Gasteiger charge is 2.23. The van der Waals surface area contributed by atoms with Gasteiger partial charge >= 0.3 is 0 Å². The maximum atomic E-state index is 5.78. The van der Waals surface area contributed by atoms with E-state index in [9.17, 15) is 0 Å². The first-order valence-electron chi connectivity index (χ1n) is 6.91. The molecule has 1 fully saturated rings. The van der Waals surface area contributed by atoms with Crippen molar-refractivity contribution in [2.75, 3.05) is 13.1 Å². The summed E-state index contributed by atoms with van der Waals surface area (Å²) in [7, 11) is 0. The molecule has 0 bridgehead atoms. The van der Waals surface area contributed by atoms with E-state index < -0.39 is 0 Å². The first-order valence-corrected chi connectivity index (χ1v) is 6.91. The molecule has 96 valence electrons. The molecule has 0 spiro atoms. The zero-order valence-electron chi connectivity index (χ0n) is 11.0. The van der Waals surface area contributed by atoms with Gasteiger partial charge in [-0.3, -0.25) is 0 Å². The van der Waals surface area contributed by atoms with Crippen molar-refractivity contribution in [1.29, 1.82) is 0 Å². The average Bonchev–Trinajstić information content (AvgIpc) is 2.63. The van der Waals surface area contributed by atoms with Crippen LogP contribution >= 0.6 is 0 Å². The summed E-state index contributed by atoms with van der Waals surface area (Å²) in [6.45, 7) is 6.61. The molecule has 0 amide bonds. The largest absolute Gasteiger partial charge is 0.445 e. The van der Waals surface area contributed by atoms with Crippen LogP contribution in [0.25, 0.3) is 0 Å². The SMILES string of the molecule is CC(C)CNCCCc1ncc(C2CCC2)o1. The van der Waals surface area contributed by atoms with Gasteiger partial charge in [0.05, 0.1) is 6.20 Å². The Hall–Kier alpha value is -0.830. The zero-order valence-corrected chi connectivity index (χ0v) is 11.0. The van der Waals surface area contributed by atoms with Gasteiger partial charge in [0.15, 0.2) is 5.89 Å². The quantitative estimate of drug-likeness (QED) is 0.739. The minimum Gasteiger partial charge on any atom is -0.445 e. The standard InChI is InChI=1S/C14H24N2O/c1-11(2)9-15-8-4-7-14-16-10-13(17-14)12-5-3-6-12/h10-12,15H,3-9H2,1-2H3. The van der Waals surface area contributed by atoms with Crippen molar-refractivity contribution in [1.82, 2.24) is 10.3 Å². The predicted octanol–water partition coefficient (Wildman–Crippen LogP) is 3.12. The van der Waals surface area contributed by atoms with E-state index in [1.54, 1.807) is 0 Å². The lowest BCUT2D eigenvalue weighted by Crippen LogP contribution is -2.21. The summed E-state index contributed by atoms with van der Waals surface area (Å²) in [5.74, 6) is 3.41. The van der Waals surface area contributed by atoms with Gasteiger partial charge in [0, 0.05) is 12.3 Å². The van der Waals surface area contributed by atoms with Crippen molar-refractivity contribution in [2.24, 2.45) is 5.92 Å². The Balaban J connectivity index is 1.63. The topological polar surface area (TPSA) is 38.1 Å². The lowest BCUT2D eigenvalue weighted by molar-refractivity contribution is 0.333. The molecule has 0 atom stereocenters. The molecule has 0 aliphatic heterocycles. The number of hydrogen-bond donors (Lipinski definition) is 1. The van der Waals surface area contributed by atoms with E-state index in [4.69, 9.17) is 4.42 Å². The molecule has 1 saturated carbocycles. The second-order valence-corrected chi connectivity index (χ2v) is 5.49. The monoisotopic (exact) mass is 236 g/mol. The second-order valence-electron chi connectivity index (χ2n) is 5.49. The smallest absolute Gasteiger partial charge is 0.194 e. The molecule has 17 heavy (non-hydrogen) atoms. The van der Waals surface area contributed by atoms with Crippen LogP contribution in [0.3, 0.4) is 0 Å². The number of aromatic nitrogens is 1.